The molecule has 0 spiro atoms. The van der Waals surface area contributed by atoms with Crippen LogP contribution < -0.4 is 5.32 Å². The number of amides is 1. The lowest BCUT2D eigenvalue weighted by molar-refractivity contribution is 0.0483. The van der Waals surface area contributed by atoms with Crippen LogP contribution in [0.4, 0.5) is 4.79 Å². The van der Waals surface area contributed by atoms with Crippen LogP contribution in [0.25, 0.3) is 0 Å². The molecule has 1 amide bonds. The van der Waals surface area contributed by atoms with Gasteiger partial charge >= 0.3 is 6.09 Å². The lowest BCUT2D eigenvalue weighted by Gasteiger charge is -2.28. The van der Waals surface area contributed by atoms with Crippen LogP contribution in [0.1, 0.15) is 52.7 Å². The Morgan fingerprint density at radius 1 is 0.893 bits per heavy atom. The van der Waals surface area contributed by atoms with E-state index in [0.29, 0.717) is 0 Å². The number of ether oxygens (including phenoxy) is 1. The molecule has 0 aliphatic heterocycles. The van der Waals surface area contributed by atoms with Crippen LogP contribution in [0, 0.1) is 5.92 Å². The van der Waals surface area contributed by atoms with Crippen LogP contribution in [0.15, 0.2) is 65.7 Å². The van der Waals surface area contributed by atoms with Gasteiger partial charge in [0.1, 0.15) is 5.60 Å². The summed E-state index contributed by atoms with van der Waals surface area (Å²) in [5.74, 6) is 0.207. The molecule has 0 saturated heterocycles. The SMILES string of the molecule is CC(C)C(NC(=O)OC(C)(C)C)C(C)N=C(c1ccccc1)c1ccccc1. The van der Waals surface area contributed by atoms with Gasteiger partial charge in [0.05, 0.1) is 17.8 Å². The van der Waals surface area contributed by atoms with Crippen molar-refractivity contribution < 1.29 is 9.53 Å². The number of hydrogen-bond acceptors (Lipinski definition) is 3. The van der Waals surface area contributed by atoms with E-state index in [9.17, 15) is 4.79 Å². The van der Waals surface area contributed by atoms with Gasteiger partial charge in [0, 0.05) is 11.1 Å². The van der Waals surface area contributed by atoms with Gasteiger partial charge in [-0.1, -0.05) is 74.5 Å². The molecule has 0 aromatic heterocycles. The van der Waals surface area contributed by atoms with Gasteiger partial charge in [0.15, 0.2) is 0 Å². The highest BCUT2D eigenvalue weighted by molar-refractivity contribution is 6.13. The summed E-state index contributed by atoms with van der Waals surface area (Å²) in [6, 6.07) is 20.0. The Morgan fingerprint density at radius 3 is 1.75 bits per heavy atom. The molecular formula is C24H32N2O2. The quantitative estimate of drug-likeness (QED) is 0.676. The molecule has 2 aromatic carbocycles. The van der Waals surface area contributed by atoms with E-state index in [4.69, 9.17) is 9.73 Å². The van der Waals surface area contributed by atoms with Gasteiger partial charge in [0.2, 0.25) is 0 Å². The summed E-state index contributed by atoms with van der Waals surface area (Å²) in [5.41, 5.74) is 2.50. The molecule has 1 N–H and O–H groups in total. The molecule has 2 aromatic rings. The fourth-order valence-corrected chi connectivity index (χ4v) is 3.08. The summed E-state index contributed by atoms with van der Waals surface area (Å²) in [6.45, 7) is 11.8. The minimum absolute atomic E-state index is 0.122. The minimum Gasteiger partial charge on any atom is -0.444 e. The number of alkyl carbamates (subject to hydrolysis) is 1. The Bertz CT molecular complexity index is 736. The molecule has 4 nitrogen and oxygen atoms in total. The maximum Gasteiger partial charge on any atom is 0.407 e. The first-order valence-corrected chi connectivity index (χ1v) is 9.85. The number of hydrogen-bond donors (Lipinski definition) is 1. The summed E-state index contributed by atoms with van der Waals surface area (Å²) in [5, 5.41) is 3.01. The van der Waals surface area contributed by atoms with Crippen LogP contribution in [0.3, 0.4) is 0 Å². The smallest absolute Gasteiger partial charge is 0.407 e. The molecule has 0 saturated carbocycles. The van der Waals surface area contributed by atoms with E-state index in [2.05, 4.69) is 43.4 Å². The van der Waals surface area contributed by atoms with Crippen molar-refractivity contribution in [2.45, 2.75) is 59.2 Å². The summed E-state index contributed by atoms with van der Waals surface area (Å²) < 4.78 is 5.44. The monoisotopic (exact) mass is 380 g/mol. The third-order valence-corrected chi connectivity index (χ3v) is 4.35. The molecule has 2 unspecified atom stereocenters. The molecule has 2 rings (SSSR count). The minimum atomic E-state index is -0.530. The largest absolute Gasteiger partial charge is 0.444 e. The van der Waals surface area contributed by atoms with E-state index >= 15 is 0 Å². The highest BCUT2D eigenvalue weighted by Gasteiger charge is 2.26. The van der Waals surface area contributed by atoms with Crippen molar-refractivity contribution in [1.29, 1.82) is 0 Å². The van der Waals surface area contributed by atoms with Crippen LogP contribution in [0.2, 0.25) is 0 Å². The Kier molecular flexibility index (Phi) is 7.38. The molecule has 4 heteroatoms. The van der Waals surface area contributed by atoms with Gasteiger partial charge in [-0.2, -0.15) is 0 Å². The summed E-state index contributed by atoms with van der Waals surface area (Å²) in [6.07, 6.45) is -0.408. The van der Waals surface area contributed by atoms with Crippen molar-refractivity contribution >= 4 is 11.8 Å². The molecule has 0 fully saturated rings. The van der Waals surface area contributed by atoms with Gasteiger partial charge in [-0.05, 0) is 33.6 Å². The highest BCUT2D eigenvalue weighted by Crippen LogP contribution is 2.17. The Balaban J connectivity index is 2.33. The first-order chi connectivity index (χ1) is 13.2. The lowest BCUT2D eigenvalue weighted by Crippen LogP contribution is -2.47. The number of nitrogens with zero attached hydrogens (tertiary/aromatic N) is 1. The molecular weight excluding hydrogens is 348 g/mol. The average Bonchev–Trinajstić information content (AvgIpc) is 2.63. The molecule has 0 radical (unpaired) electrons. The first-order valence-electron chi connectivity index (χ1n) is 9.85. The molecule has 0 aliphatic carbocycles. The van der Waals surface area contributed by atoms with Crippen molar-refractivity contribution in [3.8, 4) is 0 Å². The molecule has 0 heterocycles. The zero-order valence-electron chi connectivity index (χ0n) is 17.8. The van der Waals surface area contributed by atoms with E-state index in [0.717, 1.165) is 16.8 Å². The van der Waals surface area contributed by atoms with E-state index < -0.39 is 11.7 Å². The molecule has 2 atom stereocenters. The number of benzene rings is 2. The molecule has 150 valence electrons. The Hall–Kier alpha value is -2.62. The van der Waals surface area contributed by atoms with Crippen molar-refractivity contribution in [2.75, 3.05) is 0 Å². The maximum atomic E-state index is 12.3. The van der Waals surface area contributed by atoms with Gasteiger partial charge < -0.3 is 10.1 Å². The van der Waals surface area contributed by atoms with Crippen molar-refractivity contribution in [3.05, 3.63) is 71.8 Å². The third kappa shape index (κ3) is 6.52. The lowest BCUT2D eigenvalue weighted by atomic mass is 9.96. The van der Waals surface area contributed by atoms with Crippen LogP contribution in [-0.4, -0.2) is 29.5 Å². The standard InChI is InChI=1S/C24H32N2O2/c1-17(2)21(26-23(27)28-24(4,5)6)18(3)25-22(19-13-9-7-10-14-19)20-15-11-8-12-16-20/h7-18,21H,1-6H3,(H,26,27). The van der Waals surface area contributed by atoms with Crippen molar-refractivity contribution in [3.63, 3.8) is 0 Å². The van der Waals surface area contributed by atoms with Gasteiger partial charge in [-0.25, -0.2) is 4.79 Å². The zero-order valence-corrected chi connectivity index (χ0v) is 17.8. The van der Waals surface area contributed by atoms with E-state index in [1.165, 1.54) is 0 Å². The summed E-state index contributed by atoms with van der Waals surface area (Å²) in [4.78, 5) is 17.4. The second-order valence-electron chi connectivity index (χ2n) is 8.37. The number of carbonyl (C=O) groups excluding carboxylic acids is 1. The number of aliphatic imine (C=N–C) groups is 1. The number of rotatable bonds is 6. The molecule has 0 bridgehead atoms. The van der Waals surface area contributed by atoms with Crippen molar-refractivity contribution in [1.82, 2.24) is 5.32 Å². The number of carbonyl (C=O) groups is 1. The summed E-state index contributed by atoms with van der Waals surface area (Å²) in [7, 11) is 0. The van der Waals surface area contributed by atoms with Gasteiger partial charge in [-0.3, -0.25) is 4.99 Å². The van der Waals surface area contributed by atoms with Gasteiger partial charge in [0.25, 0.3) is 0 Å². The Labute approximate surface area is 169 Å². The normalized spacial score (nSPS) is 13.5. The Morgan fingerprint density at radius 2 is 1.36 bits per heavy atom. The summed E-state index contributed by atoms with van der Waals surface area (Å²) >= 11 is 0. The maximum absolute atomic E-state index is 12.3. The van der Waals surface area contributed by atoms with Crippen LogP contribution in [-0.2, 0) is 4.74 Å². The fourth-order valence-electron chi connectivity index (χ4n) is 3.08. The van der Waals surface area contributed by atoms with Crippen molar-refractivity contribution in [2.24, 2.45) is 10.9 Å². The van der Waals surface area contributed by atoms with E-state index in [-0.39, 0.29) is 18.0 Å². The highest BCUT2D eigenvalue weighted by atomic mass is 16.6. The van der Waals surface area contributed by atoms with Crippen LogP contribution >= 0.6 is 0 Å². The second kappa shape index (κ2) is 9.54. The second-order valence-corrected chi connectivity index (χ2v) is 8.37. The fraction of sp³-hybridized carbons (Fsp3) is 0.417. The zero-order chi connectivity index (χ0) is 20.7. The molecule has 0 aliphatic rings. The van der Waals surface area contributed by atoms with Crippen LogP contribution in [0.5, 0.6) is 0 Å². The van der Waals surface area contributed by atoms with E-state index in [1.807, 2.05) is 64.1 Å². The first kappa shape index (κ1) is 21.7. The van der Waals surface area contributed by atoms with E-state index in [1.54, 1.807) is 0 Å². The predicted octanol–water partition coefficient (Wildman–Crippen LogP) is 5.46. The predicted molar refractivity (Wildman–Crippen MR) is 116 cm³/mol. The van der Waals surface area contributed by atoms with Gasteiger partial charge in [-0.15, -0.1) is 0 Å². The third-order valence-electron chi connectivity index (χ3n) is 4.35. The number of nitrogens with one attached hydrogen (secondary N) is 1. The average molecular weight is 381 g/mol. The topological polar surface area (TPSA) is 50.7 Å². The molecule has 28 heavy (non-hydrogen) atoms.